The summed E-state index contributed by atoms with van der Waals surface area (Å²) in [6.45, 7) is 0. The zero-order valence-electron chi connectivity index (χ0n) is 15.4. The Kier molecular flexibility index (Phi) is 5.50. The molecule has 0 atom stereocenters. The highest BCUT2D eigenvalue weighted by Crippen LogP contribution is 2.27. The number of nitro groups is 1. The number of anilines is 1. The largest absolute Gasteiger partial charge is 0.372 e. The average Bonchev–Trinajstić information content (AvgIpc) is 3.22. The first-order valence-electron chi connectivity index (χ1n) is 8.49. The predicted molar refractivity (Wildman–Crippen MR) is 108 cm³/mol. The Morgan fingerprint density at radius 3 is 2.54 bits per heavy atom. The molecule has 0 bridgehead atoms. The number of benzene rings is 2. The van der Waals surface area contributed by atoms with Crippen LogP contribution in [0.3, 0.4) is 0 Å². The minimum Gasteiger partial charge on any atom is -0.372 e. The van der Waals surface area contributed by atoms with Crippen LogP contribution in [0.5, 0.6) is 0 Å². The summed E-state index contributed by atoms with van der Waals surface area (Å²) in [5.74, 6) is -0.375. The molecule has 1 amide bonds. The van der Waals surface area contributed by atoms with Gasteiger partial charge in [0.1, 0.15) is 5.69 Å². The molecule has 8 heteroatoms. The normalized spacial score (nSPS) is 10.8. The number of hydrogen-bond donors (Lipinski definition) is 1. The molecule has 0 fully saturated rings. The molecule has 1 aromatic heterocycles. The van der Waals surface area contributed by atoms with Crippen LogP contribution in [0.1, 0.15) is 15.9 Å². The molecule has 142 valence electrons. The Hall–Kier alpha value is -3.94. The molecule has 2 aromatic carbocycles. The number of nitrogens with one attached hydrogen (secondary N) is 1. The minimum atomic E-state index is -0.446. The fourth-order valence-electron chi connectivity index (χ4n) is 2.76. The minimum absolute atomic E-state index is 0.0294. The van der Waals surface area contributed by atoms with E-state index in [9.17, 15) is 14.9 Å². The van der Waals surface area contributed by atoms with E-state index in [2.05, 4.69) is 10.5 Å². The maximum atomic E-state index is 12.5. The van der Waals surface area contributed by atoms with Crippen LogP contribution in [0, 0.1) is 10.1 Å². The molecule has 0 saturated heterocycles. The van der Waals surface area contributed by atoms with Crippen molar-refractivity contribution < 1.29 is 9.72 Å². The number of nitrogens with zero attached hydrogens (tertiary/aromatic N) is 4. The number of hydrazone groups is 1. The Labute approximate surface area is 161 Å². The molecule has 0 aliphatic rings. The summed E-state index contributed by atoms with van der Waals surface area (Å²) in [7, 11) is 3.47. The number of carbonyl (C=O) groups excluding carboxylic acids is 1. The van der Waals surface area contributed by atoms with Gasteiger partial charge in [0, 0.05) is 38.1 Å². The summed E-state index contributed by atoms with van der Waals surface area (Å²) in [5.41, 5.74) is 4.64. The number of nitro benzene ring substituents is 1. The van der Waals surface area contributed by atoms with Crippen LogP contribution in [0.2, 0.25) is 0 Å². The van der Waals surface area contributed by atoms with E-state index in [1.165, 1.54) is 12.3 Å². The van der Waals surface area contributed by atoms with Gasteiger partial charge in [-0.2, -0.15) is 5.10 Å². The lowest BCUT2D eigenvalue weighted by atomic mass is 10.1. The van der Waals surface area contributed by atoms with Crippen molar-refractivity contribution in [3.05, 3.63) is 88.2 Å². The van der Waals surface area contributed by atoms with Crippen molar-refractivity contribution in [3.63, 3.8) is 0 Å². The van der Waals surface area contributed by atoms with E-state index in [0.29, 0.717) is 16.8 Å². The lowest BCUT2D eigenvalue weighted by Gasteiger charge is -2.12. The van der Waals surface area contributed by atoms with Gasteiger partial charge in [-0.15, -0.1) is 0 Å². The molecule has 0 saturated carbocycles. The van der Waals surface area contributed by atoms with Crippen LogP contribution in [-0.4, -0.2) is 35.7 Å². The molecule has 0 radical (unpaired) electrons. The van der Waals surface area contributed by atoms with E-state index in [1.807, 2.05) is 41.2 Å². The number of amides is 1. The molecular weight excluding hydrogens is 358 g/mol. The highest BCUT2D eigenvalue weighted by Gasteiger charge is 2.16. The maximum Gasteiger partial charge on any atom is 0.293 e. The molecule has 0 aliphatic carbocycles. The van der Waals surface area contributed by atoms with Crippen LogP contribution in [-0.2, 0) is 0 Å². The van der Waals surface area contributed by atoms with E-state index in [1.54, 1.807) is 43.3 Å². The van der Waals surface area contributed by atoms with Crippen molar-refractivity contribution in [1.82, 2.24) is 9.99 Å². The van der Waals surface area contributed by atoms with Crippen molar-refractivity contribution in [2.24, 2.45) is 5.10 Å². The van der Waals surface area contributed by atoms with E-state index >= 15 is 0 Å². The molecule has 1 N–H and O–H groups in total. The van der Waals surface area contributed by atoms with Crippen LogP contribution in [0.15, 0.2) is 72.1 Å². The van der Waals surface area contributed by atoms with Crippen LogP contribution in [0.25, 0.3) is 5.69 Å². The van der Waals surface area contributed by atoms with E-state index in [0.717, 1.165) is 5.69 Å². The van der Waals surface area contributed by atoms with E-state index < -0.39 is 4.92 Å². The van der Waals surface area contributed by atoms with Gasteiger partial charge in [-0.1, -0.05) is 18.2 Å². The number of aromatic nitrogens is 1. The standard InChI is InChI=1S/C20H19N5O3/c1-23(2)18-10-9-15(13-19(18)25(27)28)14-21-22-20(26)16-7-3-4-8-17(16)24-11-5-6-12-24/h3-14H,1-2H3,(H,22,26)/b21-14-. The molecule has 0 unspecified atom stereocenters. The van der Waals surface area contributed by atoms with Gasteiger partial charge in [0.05, 0.1) is 22.4 Å². The number of hydrogen-bond acceptors (Lipinski definition) is 5. The van der Waals surface area contributed by atoms with Gasteiger partial charge in [0.2, 0.25) is 0 Å². The van der Waals surface area contributed by atoms with Gasteiger partial charge < -0.3 is 9.47 Å². The molecular formula is C20H19N5O3. The zero-order valence-corrected chi connectivity index (χ0v) is 15.4. The molecule has 0 spiro atoms. The average molecular weight is 377 g/mol. The van der Waals surface area contributed by atoms with E-state index in [-0.39, 0.29) is 11.6 Å². The van der Waals surface area contributed by atoms with Crippen molar-refractivity contribution in [2.75, 3.05) is 19.0 Å². The second-order valence-corrected chi connectivity index (χ2v) is 6.21. The van der Waals surface area contributed by atoms with Gasteiger partial charge in [-0.3, -0.25) is 14.9 Å². The molecule has 3 rings (SSSR count). The first kappa shape index (κ1) is 18.8. The SMILES string of the molecule is CN(C)c1ccc(/C=N\NC(=O)c2ccccc2-n2cccc2)cc1[N+](=O)[O-]. The highest BCUT2D eigenvalue weighted by molar-refractivity contribution is 5.98. The molecule has 1 heterocycles. The third-order valence-corrected chi connectivity index (χ3v) is 4.09. The lowest BCUT2D eigenvalue weighted by molar-refractivity contribution is -0.384. The number of carbonyl (C=O) groups is 1. The summed E-state index contributed by atoms with van der Waals surface area (Å²) in [6, 6.07) is 15.7. The summed E-state index contributed by atoms with van der Waals surface area (Å²) in [5, 5.41) is 15.2. The Morgan fingerprint density at radius 1 is 1.14 bits per heavy atom. The summed E-state index contributed by atoms with van der Waals surface area (Å²) in [4.78, 5) is 25.0. The fraction of sp³-hybridized carbons (Fsp3) is 0.100. The maximum absolute atomic E-state index is 12.5. The van der Waals surface area contributed by atoms with Gasteiger partial charge in [0.15, 0.2) is 0 Å². The smallest absolute Gasteiger partial charge is 0.293 e. The summed E-state index contributed by atoms with van der Waals surface area (Å²) in [6.07, 6.45) is 5.07. The lowest BCUT2D eigenvalue weighted by Crippen LogP contribution is -2.19. The Balaban J connectivity index is 1.78. The second-order valence-electron chi connectivity index (χ2n) is 6.21. The third kappa shape index (κ3) is 4.07. The molecule has 0 aliphatic heterocycles. The van der Waals surface area contributed by atoms with Crippen LogP contribution < -0.4 is 10.3 Å². The van der Waals surface area contributed by atoms with E-state index in [4.69, 9.17) is 0 Å². The fourth-order valence-corrected chi connectivity index (χ4v) is 2.76. The molecule has 8 nitrogen and oxygen atoms in total. The monoisotopic (exact) mass is 377 g/mol. The van der Waals surface area contributed by atoms with Gasteiger partial charge in [-0.05, 0) is 30.3 Å². The molecule has 3 aromatic rings. The third-order valence-electron chi connectivity index (χ3n) is 4.09. The first-order valence-corrected chi connectivity index (χ1v) is 8.49. The second kappa shape index (κ2) is 8.17. The highest BCUT2D eigenvalue weighted by atomic mass is 16.6. The predicted octanol–water partition coefficient (Wildman–Crippen LogP) is 3.22. The van der Waals surface area contributed by atoms with Gasteiger partial charge in [-0.25, -0.2) is 5.43 Å². The van der Waals surface area contributed by atoms with Crippen LogP contribution in [0.4, 0.5) is 11.4 Å². The molecule has 28 heavy (non-hydrogen) atoms. The Bertz CT molecular complexity index is 1030. The zero-order chi connectivity index (χ0) is 20.1. The van der Waals surface area contributed by atoms with Crippen LogP contribution >= 0.6 is 0 Å². The summed E-state index contributed by atoms with van der Waals surface area (Å²) < 4.78 is 1.84. The van der Waals surface area contributed by atoms with Crippen molar-refractivity contribution in [3.8, 4) is 5.69 Å². The summed E-state index contributed by atoms with van der Waals surface area (Å²) >= 11 is 0. The van der Waals surface area contributed by atoms with Gasteiger partial charge >= 0.3 is 0 Å². The van der Waals surface area contributed by atoms with Crippen molar-refractivity contribution >= 4 is 23.5 Å². The number of rotatable bonds is 6. The topological polar surface area (TPSA) is 92.8 Å². The van der Waals surface area contributed by atoms with Gasteiger partial charge in [0.25, 0.3) is 11.6 Å². The first-order chi connectivity index (χ1) is 13.5. The Morgan fingerprint density at radius 2 is 1.86 bits per heavy atom. The quantitative estimate of drug-likeness (QED) is 0.405. The number of para-hydroxylation sites is 1. The van der Waals surface area contributed by atoms with Crippen molar-refractivity contribution in [2.45, 2.75) is 0 Å². The van der Waals surface area contributed by atoms with Crippen molar-refractivity contribution in [1.29, 1.82) is 0 Å².